The molecule has 164 valence electrons. The fourth-order valence-electron chi connectivity index (χ4n) is 3.33. The molecule has 1 aromatic heterocycles. The molecule has 0 unspecified atom stereocenters. The van der Waals surface area contributed by atoms with Crippen LogP contribution < -0.4 is 10.6 Å². The van der Waals surface area contributed by atoms with Crippen LogP contribution in [0.3, 0.4) is 0 Å². The van der Waals surface area contributed by atoms with Crippen LogP contribution in [-0.2, 0) is 14.8 Å². The van der Waals surface area contributed by atoms with E-state index in [4.69, 9.17) is 0 Å². The topological polar surface area (TPSA) is 104 Å². The van der Waals surface area contributed by atoms with Crippen LogP contribution in [0.25, 0.3) is 0 Å². The number of hydrogen-bond donors (Lipinski definition) is 2. The number of sulfonamides is 1. The minimum atomic E-state index is -3.54. The van der Waals surface area contributed by atoms with E-state index in [1.807, 2.05) is 6.92 Å². The Kier molecular flexibility index (Phi) is 8.09. The molecule has 1 aliphatic rings. The van der Waals surface area contributed by atoms with Crippen molar-refractivity contribution in [1.82, 2.24) is 14.5 Å². The highest BCUT2D eigenvalue weighted by atomic mass is 32.2. The molecule has 0 saturated heterocycles. The summed E-state index contributed by atoms with van der Waals surface area (Å²) in [6, 6.07) is 6.40. The van der Waals surface area contributed by atoms with E-state index in [2.05, 4.69) is 20.8 Å². The molecule has 2 N–H and O–H groups in total. The second-order valence-electron chi connectivity index (χ2n) is 7.08. The van der Waals surface area contributed by atoms with Gasteiger partial charge in [-0.1, -0.05) is 42.4 Å². The number of aromatic nitrogens is 2. The third-order valence-corrected chi connectivity index (χ3v) is 8.90. The van der Waals surface area contributed by atoms with Crippen LogP contribution >= 0.6 is 23.1 Å². The van der Waals surface area contributed by atoms with Crippen LogP contribution in [0.1, 0.15) is 39.0 Å². The smallest absolute Gasteiger partial charge is 0.243 e. The molecule has 3 rings (SSSR count). The largest absolute Gasteiger partial charge is 0.360 e. The van der Waals surface area contributed by atoms with Gasteiger partial charge < -0.3 is 10.6 Å². The minimum Gasteiger partial charge on any atom is -0.360 e. The van der Waals surface area contributed by atoms with Crippen molar-refractivity contribution in [1.29, 1.82) is 0 Å². The average molecular weight is 470 g/mol. The maximum atomic E-state index is 12.9. The van der Waals surface area contributed by atoms with E-state index >= 15 is 0 Å². The van der Waals surface area contributed by atoms with Gasteiger partial charge in [-0.2, -0.15) is 4.31 Å². The van der Waals surface area contributed by atoms with E-state index in [0.717, 1.165) is 37.4 Å². The van der Waals surface area contributed by atoms with Gasteiger partial charge in [-0.05, 0) is 44.0 Å². The predicted molar refractivity (Wildman–Crippen MR) is 122 cm³/mol. The van der Waals surface area contributed by atoms with Crippen molar-refractivity contribution in [3.05, 3.63) is 24.3 Å². The Hall–Kier alpha value is -1.69. The van der Waals surface area contributed by atoms with Gasteiger partial charge in [0.25, 0.3) is 0 Å². The van der Waals surface area contributed by atoms with Crippen molar-refractivity contribution < 1.29 is 13.2 Å². The first-order chi connectivity index (χ1) is 14.4. The van der Waals surface area contributed by atoms with Crippen molar-refractivity contribution in [3.8, 4) is 0 Å². The Morgan fingerprint density at radius 1 is 1.20 bits per heavy atom. The Morgan fingerprint density at radius 2 is 1.90 bits per heavy atom. The summed E-state index contributed by atoms with van der Waals surface area (Å²) in [5.41, 5.74) is 0.561. The highest BCUT2D eigenvalue weighted by Crippen LogP contribution is 2.28. The molecule has 0 bridgehead atoms. The molecule has 2 aromatic rings. The molecule has 0 aliphatic heterocycles. The quantitative estimate of drug-likeness (QED) is 0.540. The van der Waals surface area contributed by atoms with Gasteiger partial charge in [-0.25, -0.2) is 8.42 Å². The van der Waals surface area contributed by atoms with E-state index in [1.165, 1.54) is 33.8 Å². The Morgan fingerprint density at radius 3 is 2.57 bits per heavy atom. The van der Waals surface area contributed by atoms with E-state index in [1.54, 1.807) is 31.3 Å². The summed E-state index contributed by atoms with van der Waals surface area (Å²) in [4.78, 5) is 12.4. The van der Waals surface area contributed by atoms with Crippen LogP contribution in [0.5, 0.6) is 0 Å². The fourth-order valence-corrected chi connectivity index (χ4v) is 6.37. The molecule has 1 amide bonds. The number of anilines is 2. The number of nitrogens with zero attached hydrogens (tertiary/aromatic N) is 3. The first kappa shape index (κ1) is 23.0. The van der Waals surface area contributed by atoms with Crippen LogP contribution in [-0.4, -0.2) is 54.2 Å². The molecule has 1 fully saturated rings. The molecular weight excluding hydrogens is 442 g/mol. The van der Waals surface area contributed by atoms with Crippen LogP contribution in [0.4, 0.5) is 10.8 Å². The zero-order valence-electron chi connectivity index (χ0n) is 17.1. The summed E-state index contributed by atoms with van der Waals surface area (Å²) in [7, 11) is -1.88. The van der Waals surface area contributed by atoms with Crippen molar-refractivity contribution in [2.24, 2.45) is 0 Å². The number of rotatable bonds is 9. The molecule has 8 nitrogen and oxygen atoms in total. The van der Waals surface area contributed by atoms with Gasteiger partial charge >= 0.3 is 0 Å². The van der Waals surface area contributed by atoms with Crippen molar-refractivity contribution in [2.75, 3.05) is 30.0 Å². The molecule has 0 radical (unpaired) electrons. The third-order valence-electron chi connectivity index (χ3n) is 4.97. The lowest BCUT2D eigenvalue weighted by atomic mass is 9.96. The van der Waals surface area contributed by atoms with E-state index in [0.29, 0.717) is 10.0 Å². The number of nitrogens with one attached hydrogen (secondary N) is 2. The van der Waals surface area contributed by atoms with Crippen LogP contribution in [0, 0.1) is 0 Å². The van der Waals surface area contributed by atoms with Gasteiger partial charge in [0.15, 0.2) is 4.34 Å². The highest BCUT2D eigenvalue weighted by Gasteiger charge is 2.28. The molecule has 30 heavy (non-hydrogen) atoms. The zero-order valence-corrected chi connectivity index (χ0v) is 19.6. The average Bonchev–Trinajstić information content (AvgIpc) is 3.20. The van der Waals surface area contributed by atoms with E-state index < -0.39 is 10.0 Å². The Bertz CT molecular complexity index is 941. The molecule has 0 atom stereocenters. The van der Waals surface area contributed by atoms with Crippen LogP contribution in [0.2, 0.25) is 0 Å². The van der Waals surface area contributed by atoms with Crippen LogP contribution in [0.15, 0.2) is 33.5 Å². The summed E-state index contributed by atoms with van der Waals surface area (Å²) < 4.78 is 28.0. The van der Waals surface area contributed by atoms with Gasteiger partial charge in [0.1, 0.15) is 0 Å². The van der Waals surface area contributed by atoms with Crippen molar-refractivity contribution >= 4 is 49.8 Å². The van der Waals surface area contributed by atoms with Gasteiger partial charge in [-0.15, -0.1) is 10.2 Å². The number of thioether (sulfide) groups is 1. The second kappa shape index (κ2) is 10.6. The summed E-state index contributed by atoms with van der Waals surface area (Å²) in [6.07, 6.45) is 5.13. The molecule has 11 heteroatoms. The lowest BCUT2D eigenvalue weighted by Crippen LogP contribution is -2.38. The number of hydrogen-bond acceptors (Lipinski definition) is 8. The standard InChI is InChI=1S/C19H27N5O3S3/c1-3-20-18-22-23-19(29-18)28-13-17(25)21-14-9-11-16(12-10-14)30(26,27)24(2)15-7-5-4-6-8-15/h9-12,15H,3-8,13H2,1-2H3,(H,20,22)(H,21,25). The SMILES string of the molecule is CCNc1nnc(SCC(=O)Nc2ccc(S(=O)(=O)N(C)C3CCCCC3)cc2)s1. The van der Waals surface area contributed by atoms with Gasteiger partial charge in [0, 0.05) is 25.3 Å². The summed E-state index contributed by atoms with van der Waals surface area (Å²) in [5, 5.41) is 14.6. The first-order valence-electron chi connectivity index (χ1n) is 9.98. The summed E-state index contributed by atoms with van der Waals surface area (Å²) in [6.45, 7) is 2.74. The maximum absolute atomic E-state index is 12.9. The lowest BCUT2D eigenvalue weighted by molar-refractivity contribution is -0.113. The molecule has 0 spiro atoms. The first-order valence-corrected chi connectivity index (χ1v) is 13.2. The normalized spacial score (nSPS) is 15.3. The van der Waals surface area contributed by atoms with E-state index in [-0.39, 0.29) is 22.6 Å². The summed E-state index contributed by atoms with van der Waals surface area (Å²) in [5.74, 6) is 0.0146. The van der Waals surface area contributed by atoms with Crippen molar-refractivity contribution in [3.63, 3.8) is 0 Å². The lowest BCUT2D eigenvalue weighted by Gasteiger charge is -2.30. The molecular formula is C19H27N5O3S3. The van der Waals surface area contributed by atoms with Gasteiger partial charge in [0.2, 0.25) is 21.1 Å². The van der Waals surface area contributed by atoms with E-state index in [9.17, 15) is 13.2 Å². The molecule has 1 aliphatic carbocycles. The van der Waals surface area contributed by atoms with Gasteiger partial charge in [0.05, 0.1) is 10.6 Å². The maximum Gasteiger partial charge on any atom is 0.243 e. The third kappa shape index (κ3) is 5.93. The predicted octanol–water partition coefficient (Wildman–Crippen LogP) is 3.65. The zero-order chi connectivity index (χ0) is 21.6. The van der Waals surface area contributed by atoms with Gasteiger partial charge in [-0.3, -0.25) is 4.79 Å². The number of carbonyl (C=O) groups is 1. The Balaban J connectivity index is 1.54. The Labute approximate surface area is 185 Å². The van der Waals surface area contributed by atoms with Crippen molar-refractivity contribution in [2.45, 2.75) is 54.3 Å². The number of amides is 1. The fraction of sp³-hybridized carbons (Fsp3) is 0.526. The number of benzene rings is 1. The monoisotopic (exact) mass is 469 g/mol. The summed E-state index contributed by atoms with van der Waals surface area (Å²) >= 11 is 2.71. The molecule has 1 heterocycles. The number of carbonyl (C=O) groups excluding carboxylic acids is 1. The highest BCUT2D eigenvalue weighted by molar-refractivity contribution is 8.01. The second-order valence-corrected chi connectivity index (χ2v) is 11.3. The molecule has 1 aromatic carbocycles. The minimum absolute atomic E-state index is 0.0635. The molecule has 1 saturated carbocycles.